The molecule has 2 aromatic rings. The van der Waals surface area contributed by atoms with Crippen LogP contribution in [0, 0.1) is 0 Å². The summed E-state index contributed by atoms with van der Waals surface area (Å²) in [5, 5.41) is 9.22. The van der Waals surface area contributed by atoms with Crippen molar-refractivity contribution in [3.05, 3.63) is 60.2 Å². The van der Waals surface area contributed by atoms with Crippen molar-refractivity contribution in [2.24, 2.45) is 0 Å². The van der Waals surface area contributed by atoms with Gasteiger partial charge in [0, 0.05) is 25.6 Å². The Hall–Kier alpha value is -0.717. The molecule has 88 valence electrons. The zero-order chi connectivity index (χ0) is 10.2. The van der Waals surface area contributed by atoms with Gasteiger partial charge in [0.1, 0.15) is 0 Å². The van der Waals surface area contributed by atoms with E-state index in [1.54, 1.807) is 0 Å². The zero-order valence-electron chi connectivity index (χ0n) is 8.78. The minimum absolute atomic E-state index is 0. The van der Waals surface area contributed by atoms with E-state index in [0.29, 0.717) is 0 Å². The van der Waals surface area contributed by atoms with Crippen molar-refractivity contribution in [3.8, 4) is 0 Å². The molecular formula is C13H16ORu-6. The first-order valence-corrected chi connectivity index (χ1v) is 4.91. The summed E-state index contributed by atoms with van der Waals surface area (Å²) >= 11 is 0. The van der Waals surface area contributed by atoms with Crippen LogP contribution in [0.15, 0.2) is 54.6 Å². The second-order valence-corrected chi connectivity index (χ2v) is 3.10. The van der Waals surface area contributed by atoms with E-state index < -0.39 is 0 Å². The van der Waals surface area contributed by atoms with Crippen molar-refractivity contribution in [3.63, 3.8) is 0 Å². The van der Waals surface area contributed by atoms with E-state index in [2.05, 4.69) is 0 Å². The summed E-state index contributed by atoms with van der Waals surface area (Å²) in [5.74, 6) is 0. The second kappa shape index (κ2) is 8.58. The summed E-state index contributed by atoms with van der Waals surface area (Å²) in [6.07, 6.45) is 0.532. The molecule has 1 nitrogen and oxygen atoms in total. The van der Waals surface area contributed by atoms with Gasteiger partial charge in [0.15, 0.2) is 0 Å². The van der Waals surface area contributed by atoms with Crippen LogP contribution < -0.4 is 0 Å². The fourth-order valence-corrected chi connectivity index (χ4v) is 1.17. The number of aliphatic hydroxyl groups excluding tert-OH is 1. The van der Waals surface area contributed by atoms with Crippen LogP contribution in [0.1, 0.15) is 25.0 Å². The van der Waals surface area contributed by atoms with Gasteiger partial charge in [0.25, 0.3) is 0 Å². The average molecular weight is 289 g/mol. The van der Waals surface area contributed by atoms with Crippen LogP contribution in [-0.2, 0) is 19.5 Å². The van der Waals surface area contributed by atoms with Crippen molar-refractivity contribution in [1.29, 1.82) is 0 Å². The van der Waals surface area contributed by atoms with E-state index in [0.717, 1.165) is 12.0 Å². The molecular weight excluding hydrogens is 273 g/mol. The van der Waals surface area contributed by atoms with Crippen LogP contribution in [-0.4, -0.2) is 5.11 Å². The third-order valence-electron chi connectivity index (χ3n) is 2.02. The number of hydrogen-bond acceptors (Lipinski definition) is 1. The molecule has 0 saturated heterocycles. The number of hydrogen-bond donors (Lipinski definition) is 1. The maximum atomic E-state index is 9.22. The van der Waals surface area contributed by atoms with Crippen molar-refractivity contribution in [1.82, 2.24) is 0 Å². The molecule has 0 aliphatic carbocycles. The van der Waals surface area contributed by atoms with Crippen molar-refractivity contribution < 1.29 is 24.6 Å². The molecule has 1 N–H and O–H groups in total. The first kappa shape index (κ1) is 14.3. The van der Waals surface area contributed by atoms with E-state index in [-0.39, 0.29) is 25.6 Å². The van der Waals surface area contributed by atoms with Crippen molar-refractivity contribution in [2.75, 3.05) is 0 Å². The minimum atomic E-state index is -0.264. The largest absolute Gasteiger partial charge is 0.748 e. The molecule has 0 fully saturated rings. The molecule has 0 aromatic heterocycles. The fourth-order valence-electron chi connectivity index (χ4n) is 1.17. The summed E-state index contributed by atoms with van der Waals surface area (Å²) in [7, 11) is 0. The molecule has 1 unspecified atom stereocenters. The van der Waals surface area contributed by atoms with Gasteiger partial charge in [-0.1, -0.05) is 6.92 Å². The van der Waals surface area contributed by atoms with Crippen LogP contribution in [0.3, 0.4) is 0 Å². The molecule has 0 saturated carbocycles. The maximum Gasteiger partial charge on any atom is 0.0348 e. The summed E-state index contributed by atoms with van der Waals surface area (Å²) < 4.78 is 0. The van der Waals surface area contributed by atoms with Gasteiger partial charge < -0.3 is 35.4 Å². The van der Waals surface area contributed by atoms with Gasteiger partial charge in [-0.05, 0) is 6.42 Å². The topological polar surface area (TPSA) is 20.2 Å². The Morgan fingerprint density at radius 3 is 1.80 bits per heavy atom. The Morgan fingerprint density at radius 2 is 1.47 bits per heavy atom. The van der Waals surface area contributed by atoms with Crippen molar-refractivity contribution >= 4 is 0 Å². The molecule has 2 aromatic carbocycles. The monoisotopic (exact) mass is 290 g/mol. The smallest absolute Gasteiger partial charge is 0.0348 e. The molecule has 0 aliphatic heterocycles. The molecule has 2 heteroatoms. The van der Waals surface area contributed by atoms with Gasteiger partial charge in [-0.15, -0.1) is 5.56 Å². The summed E-state index contributed by atoms with van der Waals surface area (Å²) in [4.78, 5) is 0. The Kier molecular flexibility index (Phi) is 8.17. The van der Waals surface area contributed by atoms with Gasteiger partial charge >= 0.3 is 0 Å². The average Bonchev–Trinajstić information content (AvgIpc) is 2.91. The van der Waals surface area contributed by atoms with E-state index in [1.807, 2.05) is 61.5 Å². The normalized spacial score (nSPS) is 10.8. The molecule has 0 heterocycles. The number of rotatable bonds is 2. The molecule has 0 aliphatic rings. The second-order valence-electron chi connectivity index (χ2n) is 3.10. The molecule has 0 bridgehead atoms. The van der Waals surface area contributed by atoms with E-state index in [9.17, 15) is 5.11 Å². The van der Waals surface area contributed by atoms with Gasteiger partial charge in [0.2, 0.25) is 0 Å². The number of aliphatic hydroxyl groups is 1. The van der Waals surface area contributed by atoms with E-state index in [4.69, 9.17) is 0 Å². The van der Waals surface area contributed by atoms with Crippen LogP contribution in [0.2, 0.25) is 0 Å². The first-order valence-electron chi connectivity index (χ1n) is 4.91. The van der Waals surface area contributed by atoms with Gasteiger partial charge in [-0.2, -0.15) is 12.1 Å². The quantitative estimate of drug-likeness (QED) is 0.664. The van der Waals surface area contributed by atoms with Crippen LogP contribution in [0.4, 0.5) is 0 Å². The predicted octanol–water partition coefficient (Wildman–Crippen LogP) is 3.25. The van der Waals surface area contributed by atoms with Gasteiger partial charge in [0.05, 0.1) is 0 Å². The molecule has 15 heavy (non-hydrogen) atoms. The minimum Gasteiger partial charge on any atom is -0.748 e. The molecule has 0 spiro atoms. The van der Waals surface area contributed by atoms with Gasteiger partial charge in [-0.25, -0.2) is 12.1 Å². The predicted molar refractivity (Wildman–Crippen MR) is 59.3 cm³/mol. The molecule has 0 amide bonds. The van der Waals surface area contributed by atoms with Crippen LogP contribution in [0.5, 0.6) is 0 Å². The molecule has 1 atom stereocenters. The third kappa shape index (κ3) is 5.66. The fraction of sp³-hybridized carbons (Fsp3) is 0.231. The maximum absolute atomic E-state index is 9.22. The van der Waals surface area contributed by atoms with E-state index in [1.165, 1.54) is 0 Å². The Bertz CT molecular complexity index is 280. The first-order chi connectivity index (χ1) is 6.84. The summed E-state index contributed by atoms with van der Waals surface area (Å²) in [6.45, 7) is 1.97. The Balaban J connectivity index is 0.000000280. The Morgan fingerprint density at radius 1 is 1.07 bits per heavy atom. The van der Waals surface area contributed by atoms with Crippen LogP contribution in [0.25, 0.3) is 0 Å². The van der Waals surface area contributed by atoms with Crippen molar-refractivity contribution in [2.45, 2.75) is 19.4 Å². The van der Waals surface area contributed by atoms with Gasteiger partial charge in [-0.3, -0.25) is 0 Å². The standard InChI is InChI=1S/C8H11O.C5H5.Ru/c1-2-8(9)7-5-3-4-6-7;1-2-4-5-3-1;/h3-6,8-9H,2H2,1H3;1-5H;/q-1;-5;. The van der Waals surface area contributed by atoms with Crippen LogP contribution >= 0.6 is 0 Å². The SMILES string of the molecule is CCC(O)[c-]1cccc1.[Ru].[cH-]1[cH-][cH-][cH-][cH-]1. The summed E-state index contributed by atoms with van der Waals surface area (Å²) in [6, 6.07) is 17.8. The molecule has 2 rings (SSSR count). The third-order valence-corrected chi connectivity index (χ3v) is 2.02. The summed E-state index contributed by atoms with van der Waals surface area (Å²) in [5.41, 5.74) is 1.03. The Labute approximate surface area is 104 Å². The zero-order valence-corrected chi connectivity index (χ0v) is 10.5. The van der Waals surface area contributed by atoms with E-state index >= 15 is 0 Å². The molecule has 0 radical (unpaired) electrons.